The van der Waals surface area contributed by atoms with Gasteiger partial charge in [-0.1, -0.05) is 191 Å². The second kappa shape index (κ2) is 29.0. The highest BCUT2D eigenvalue weighted by Crippen LogP contribution is 2.18. The molecular weight excluding hydrogens is 544 g/mol. The second-order valence-electron chi connectivity index (χ2n) is 13.1. The summed E-state index contributed by atoms with van der Waals surface area (Å²) in [5.74, 6) is 0. The zero-order valence-electron chi connectivity index (χ0n) is 29.5. The van der Waals surface area contributed by atoms with Crippen LogP contribution in [0.5, 0.6) is 0 Å². The Morgan fingerprint density at radius 1 is 0.444 bits per heavy atom. The number of nitrogens with zero attached hydrogens (tertiary/aromatic N) is 2. The van der Waals surface area contributed by atoms with Crippen molar-refractivity contribution in [2.45, 2.75) is 174 Å². The molecule has 0 saturated heterocycles. The summed E-state index contributed by atoms with van der Waals surface area (Å²) in [5.41, 5.74) is 4.10. The molecule has 45 heavy (non-hydrogen) atoms. The molecule has 2 nitrogen and oxygen atoms in total. The van der Waals surface area contributed by atoms with Gasteiger partial charge >= 0.3 is 0 Å². The Balaban J connectivity index is 1.60. The van der Waals surface area contributed by atoms with Crippen molar-refractivity contribution >= 4 is 22.8 Å². The molecule has 0 saturated carbocycles. The average molecular weight is 613 g/mol. The molecular formula is C43H68N2. The first kappa shape index (κ1) is 38.7. The van der Waals surface area contributed by atoms with E-state index in [1.807, 2.05) is 0 Å². The Morgan fingerprint density at radius 3 is 1.27 bits per heavy atom. The Kier molecular flexibility index (Phi) is 24.9. The van der Waals surface area contributed by atoms with Gasteiger partial charge in [0.25, 0.3) is 0 Å². The number of para-hydroxylation sites is 2. The van der Waals surface area contributed by atoms with Crippen LogP contribution < -0.4 is 0 Å². The van der Waals surface area contributed by atoms with E-state index in [2.05, 4.69) is 86.7 Å². The molecule has 0 fully saturated rings. The van der Waals surface area contributed by atoms with Gasteiger partial charge in [-0.25, -0.2) is 4.99 Å². The molecule has 0 N–H and O–H groups in total. The number of benzene rings is 2. The third kappa shape index (κ3) is 21.8. The standard InChI is InChI=1S/C43H68N2/c1-3-5-7-8-9-10-11-12-13-14-15-16-17-18-19-20-21-22-23-24-25-33-39-43(45-41-36-31-27-32-37-41)42(38-28-6-4-2)44-40-34-29-26-30-35-40/h26-27,29-37,39H,3-25,28,38H2,1-2H3. The summed E-state index contributed by atoms with van der Waals surface area (Å²) < 4.78 is 0. The number of aliphatic imine (C=N–C) groups is 2. The Labute approximate surface area is 279 Å². The van der Waals surface area contributed by atoms with E-state index < -0.39 is 0 Å². The Morgan fingerprint density at radius 2 is 0.822 bits per heavy atom. The molecule has 0 aliphatic carbocycles. The fraction of sp³-hybridized carbons (Fsp3) is 0.628. The van der Waals surface area contributed by atoms with Crippen molar-refractivity contribution in [2.75, 3.05) is 0 Å². The van der Waals surface area contributed by atoms with Gasteiger partial charge in [0.1, 0.15) is 0 Å². The average Bonchev–Trinajstić information content (AvgIpc) is 3.07. The van der Waals surface area contributed by atoms with Crippen LogP contribution in [0, 0.1) is 0 Å². The molecule has 0 heterocycles. The lowest BCUT2D eigenvalue weighted by Gasteiger charge is -2.08. The first-order valence-corrected chi connectivity index (χ1v) is 19.3. The van der Waals surface area contributed by atoms with Crippen LogP contribution in [0.25, 0.3) is 0 Å². The highest BCUT2D eigenvalue weighted by Gasteiger charge is 2.08. The van der Waals surface area contributed by atoms with Gasteiger partial charge in [-0.15, -0.1) is 0 Å². The second-order valence-corrected chi connectivity index (χ2v) is 13.1. The van der Waals surface area contributed by atoms with Gasteiger partial charge in [0.15, 0.2) is 0 Å². The zero-order valence-corrected chi connectivity index (χ0v) is 29.5. The van der Waals surface area contributed by atoms with Crippen molar-refractivity contribution in [3.05, 3.63) is 72.8 Å². The van der Waals surface area contributed by atoms with Gasteiger partial charge in [-0.2, -0.15) is 0 Å². The van der Waals surface area contributed by atoms with Crippen LogP contribution in [0.1, 0.15) is 174 Å². The maximum Gasteiger partial charge on any atom is 0.0848 e. The molecule has 0 spiro atoms. The lowest BCUT2D eigenvalue weighted by atomic mass is 10.0. The highest BCUT2D eigenvalue weighted by atomic mass is 14.8. The fourth-order valence-electron chi connectivity index (χ4n) is 5.99. The predicted octanol–water partition coefficient (Wildman–Crippen LogP) is 14.9. The molecule has 0 amide bonds. The third-order valence-electron chi connectivity index (χ3n) is 8.84. The third-order valence-corrected chi connectivity index (χ3v) is 8.84. The Hall–Kier alpha value is -2.48. The lowest BCUT2D eigenvalue weighted by Crippen LogP contribution is -2.12. The van der Waals surface area contributed by atoms with Gasteiger partial charge in [-0.05, 0) is 56.0 Å². The van der Waals surface area contributed by atoms with E-state index in [1.54, 1.807) is 0 Å². The largest absolute Gasteiger partial charge is 0.251 e. The first-order chi connectivity index (χ1) is 22.3. The van der Waals surface area contributed by atoms with Gasteiger partial charge in [-0.3, -0.25) is 4.99 Å². The monoisotopic (exact) mass is 613 g/mol. The van der Waals surface area contributed by atoms with Gasteiger partial charge in [0.2, 0.25) is 0 Å². The van der Waals surface area contributed by atoms with Crippen LogP contribution in [0.2, 0.25) is 0 Å². The topological polar surface area (TPSA) is 24.7 Å². The van der Waals surface area contributed by atoms with E-state index in [1.165, 1.54) is 141 Å². The van der Waals surface area contributed by atoms with Crippen LogP contribution >= 0.6 is 0 Å². The van der Waals surface area contributed by atoms with Crippen molar-refractivity contribution in [2.24, 2.45) is 9.98 Å². The van der Waals surface area contributed by atoms with Crippen molar-refractivity contribution < 1.29 is 0 Å². The number of hydrogen-bond acceptors (Lipinski definition) is 2. The number of allylic oxidation sites excluding steroid dienone is 2. The maximum absolute atomic E-state index is 5.07. The molecule has 250 valence electrons. The summed E-state index contributed by atoms with van der Waals surface area (Å²) >= 11 is 0. The zero-order chi connectivity index (χ0) is 31.9. The van der Waals surface area contributed by atoms with Crippen LogP contribution in [0.4, 0.5) is 11.4 Å². The molecule has 2 aromatic rings. The van der Waals surface area contributed by atoms with E-state index >= 15 is 0 Å². The van der Waals surface area contributed by atoms with E-state index in [0.29, 0.717) is 0 Å². The van der Waals surface area contributed by atoms with Crippen LogP contribution in [-0.4, -0.2) is 11.4 Å². The highest BCUT2D eigenvalue weighted by molar-refractivity contribution is 6.47. The fourth-order valence-corrected chi connectivity index (χ4v) is 5.99. The summed E-state index contributed by atoms with van der Waals surface area (Å²) in [5, 5.41) is 0. The van der Waals surface area contributed by atoms with Crippen LogP contribution in [0.3, 0.4) is 0 Å². The first-order valence-electron chi connectivity index (χ1n) is 19.3. The quantitative estimate of drug-likeness (QED) is 0.0645. The molecule has 0 aliphatic heterocycles. The molecule has 0 unspecified atom stereocenters. The molecule has 0 aliphatic rings. The minimum atomic E-state index is 0.956. The molecule has 2 rings (SSSR count). The minimum absolute atomic E-state index is 0.956. The Bertz CT molecular complexity index is 1000. The van der Waals surface area contributed by atoms with E-state index in [0.717, 1.165) is 42.1 Å². The van der Waals surface area contributed by atoms with E-state index in [4.69, 9.17) is 9.98 Å². The molecule has 0 radical (unpaired) electrons. The predicted molar refractivity (Wildman–Crippen MR) is 203 cm³/mol. The van der Waals surface area contributed by atoms with Crippen molar-refractivity contribution in [1.29, 1.82) is 0 Å². The van der Waals surface area contributed by atoms with Crippen molar-refractivity contribution in [3.8, 4) is 0 Å². The lowest BCUT2D eigenvalue weighted by molar-refractivity contribution is 0.522. The normalized spacial score (nSPS) is 12.4. The summed E-state index contributed by atoms with van der Waals surface area (Å²) in [6.45, 7) is 4.56. The van der Waals surface area contributed by atoms with Crippen molar-refractivity contribution in [1.82, 2.24) is 0 Å². The SMILES string of the molecule is CCCCCCCCCCCCCCCCCCCCCCC=CC(=Nc1ccccc1)C(CCCCC)=Nc1ccccc1. The van der Waals surface area contributed by atoms with E-state index in [-0.39, 0.29) is 0 Å². The molecule has 2 heteroatoms. The molecule has 2 aromatic carbocycles. The summed E-state index contributed by atoms with van der Waals surface area (Å²) in [4.78, 5) is 10.1. The van der Waals surface area contributed by atoms with Crippen molar-refractivity contribution in [3.63, 3.8) is 0 Å². The summed E-state index contributed by atoms with van der Waals surface area (Å²) in [6.07, 6.45) is 38.7. The van der Waals surface area contributed by atoms with Gasteiger partial charge in [0.05, 0.1) is 22.8 Å². The molecule has 0 aromatic heterocycles. The van der Waals surface area contributed by atoms with Crippen LogP contribution in [-0.2, 0) is 0 Å². The summed E-state index contributed by atoms with van der Waals surface area (Å²) in [6, 6.07) is 20.7. The summed E-state index contributed by atoms with van der Waals surface area (Å²) in [7, 11) is 0. The number of unbranched alkanes of at least 4 members (excludes halogenated alkanes) is 22. The number of hydrogen-bond donors (Lipinski definition) is 0. The smallest absolute Gasteiger partial charge is 0.0848 e. The maximum atomic E-state index is 5.07. The van der Waals surface area contributed by atoms with Gasteiger partial charge in [0, 0.05) is 0 Å². The van der Waals surface area contributed by atoms with E-state index in [9.17, 15) is 0 Å². The number of rotatable bonds is 29. The molecule has 0 atom stereocenters. The minimum Gasteiger partial charge on any atom is -0.251 e. The van der Waals surface area contributed by atoms with Crippen LogP contribution in [0.15, 0.2) is 82.8 Å². The molecule has 0 bridgehead atoms. The van der Waals surface area contributed by atoms with Gasteiger partial charge < -0.3 is 0 Å².